The molecular weight excluding hydrogens is 276 g/mol. The second-order valence-corrected chi connectivity index (χ2v) is 7.06. The van der Waals surface area contributed by atoms with Crippen LogP contribution in [-0.2, 0) is 10.0 Å². The standard InChI is InChI=1S/C14H24N2O3S/c1-11(2)15-9-10-20(17,18)16-13-5-7-14(8-6-13)19-12(3)4/h5-8,11-12,15-16H,9-10H2,1-4H3. The molecule has 0 saturated carbocycles. The number of ether oxygens (including phenoxy) is 1. The molecule has 0 amide bonds. The van der Waals surface area contributed by atoms with E-state index in [1.54, 1.807) is 24.3 Å². The fourth-order valence-corrected chi connectivity index (χ4v) is 2.57. The fourth-order valence-electron chi connectivity index (χ4n) is 1.59. The Morgan fingerprint density at radius 2 is 1.70 bits per heavy atom. The summed E-state index contributed by atoms with van der Waals surface area (Å²) >= 11 is 0. The number of benzene rings is 1. The maximum Gasteiger partial charge on any atom is 0.233 e. The highest BCUT2D eigenvalue weighted by atomic mass is 32.2. The van der Waals surface area contributed by atoms with Crippen molar-refractivity contribution in [2.45, 2.75) is 39.8 Å². The minimum absolute atomic E-state index is 0.0510. The van der Waals surface area contributed by atoms with Crippen LogP contribution in [0.4, 0.5) is 5.69 Å². The van der Waals surface area contributed by atoms with Crippen LogP contribution in [0.25, 0.3) is 0 Å². The molecule has 20 heavy (non-hydrogen) atoms. The van der Waals surface area contributed by atoms with Gasteiger partial charge in [-0.1, -0.05) is 13.8 Å². The van der Waals surface area contributed by atoms with E-state index < -0.39 is 10.0 Å². The first-order valence-electron chi connectivity index (χ1n) is 6.79. The molecule has 0 bridgehead atoms. The smallest absolute Gasteiger partial charge is 0.233 e. The van der Waals surface area contributed by atoms with Gasteiger partial charge in [0.25, 0.3) is 0 Å². The number of rotatable bonds is 8. The lowest BCUT2D eigenvalue weighted by Gasteiger charge is -2.12. The van der Waals surface area contributed by atoms with Gasteiger partial charge in [0.2, 0.25) is 10.0 Å². The second kappa shape index (κ2) is 7.50. The zero-order valence-electron chi connectivity index (χ0n) is 12.5. The van der Waals surface area contributed by atoms with Gasteiger partial charge in [0.15, 0.2) is 0 Å². The normalized spacial score (nSPS) is 11.9. The van der Waals surface area contributed by atoms with Crippen LogP contribution in [-0.4, -0.2) is 32.9 Å². The quantitative estimate of drug-likeness (QED) is 0.772. The minimum atomic E-state index is -3.32. The van der Waals surface area contributed by atoms with E-state index in [4.69, 9.17) is 4.74 Å². The highest BCUT2D eigenvalue weighted by molar-refractivity contribution is 7.92. The van der Waals surface area contributed by atoms with Gasteiger partial charge in [-0.3, -0.25) is 4.72 Å². The van der Waals surface area contributed by atoms with E-state index in [-0.39, 0.29) is 17.9 Å². The third-order valence-corrected chi connectivity index (χ3v) is 3.71. The van der Waals surface area contributed by atoms with Crippen molar-refractivity contribution in [3.8, 4) is 5.75 Å². The number of hydrogen-bond acceptors (Lipinski definition) is 4. The van der Waals surface area contributed by atoms with E-state index in [1.165, 1.54) is 0 Å². The molecule has 0 unspecified atom stereocenters. The number of anilines is 1. The number of hydrogen-bond donors (Lipinski definition) is 2. The molecule has 0 heterocycles. The molecule has 2 N–H and O–H groups in total. The van der Waals surface area contributed by atoms with Crippen molar-refractivity contribution in [3.05, 3.63) is 24.3 Å². The summed E-state index contributed by atoms with van der Waals surface area (Å²) in [5.74, 6) is 0.777. The summed E-state index contributed by atoms with van der Waals surface area (Å²) in [4.78, 5) is 0. The van der Waals surface area contributed by atoms with Gasteiger partial charge in [-0.05, 0) is 38.1 Å². The Hall–Kier alpha value is -1.27. The van der Waals surface area contributed by atoms with Crippen molar-refractivity contribution in [2.24, 2.45) is 0 Å². The van der Waals surface area contributed by atoms with Crippen LogP contribution in [0.2, 0.25) is 0 Å². The van der Waals surface area contributed by atoms with Crippen LogP contribution < -0.4 is 14.8 Å². The van der Waals surface area contributed by atoms with Gasteiger partial charge in [-0.15, -0.1) is 0 Å². The lowest BCUT2D eigenvalue weighted by Crippen LogP contribution is -2.30. The molecule has 0 spiro atoms. The van der Waals surface area contributed by atoms with Crippen molar-refractivity contribution < 1.29 is 13.2 Å². The predicted octanol–water partition coefficient (Wildman–Crippen LogP) is 2.21. The maximum atomic E-state index is 11.9. The van der Waals surface area contributed by atoms with E-state index in [0.29, 0.717) is 12.2 Å². The zero-order chi connectivity index (χ0) is 15.2. The molecule has 0 radical (unpaired) electrons. The molecule has 0 aliphatic carbocycles. The lowest BCUT2D eigenvalue weighted by atomic mass is 10.3. The first-order valence-corrected chi connectivity index (χ1v) is 8.44. The molecule has 0 aliphatic rings. The SMILES string of the molecule is CC(C)NCCS(=O)(=O)Nc1ccc(OC(C)C)cc1. The predicted molar refractivity (Wildman–Crippen MR) is 82.8 cm³/mol. The van der Waals surface area contributed by atoms with E-state index in [9.17, 15) is 8.42 Å². The average Bonchev–Trinajstić information content (AvgIpc) is 2.29. The van der Waals surface area contributed by atoms with Crippen molar-refractivity contribution in [3.63, 3.8) is 0 Å². The van der Waals surface area contributed by atoms with Crippen molar-refractivity contribution in [1.29, 1.82) is 0 Å². The van der Waals surface area contributed by atoms with Gasteiger partial charge < -0.3 is 10.1 Å². The third-order valence-electron chi connectivity index (χ3n) is 2.42. The van der Waals surface area contributed by atoms with Crippen LogP contribution >= 0.6 is 0 Å². The van der Waals surface area contributed by atoms with E-state index in [0.717, 1.165) is 5.75 Å². The Bertz CT molecular complexity index is 496. The van der Waals surface area contributed by atoms with Gasteiger partial charge in [-0.2, -0.15) is 0 Å². The van der Waals surface area contributed by atoms with E-state index in [2.05, 4.69) is 10.0 Å². The highest BCUT2D eigenvalue weighted by Crippen LogP contribution is 2.17. The summed E-state index contributed by atoms with van der Waals surface area (Å²) in [5, 5.41) is 3.08. The molecule has 0 saturated heterocycles. The van der Waals surface area contributed by atoms with Crippen molar-refractivity contribution in [2.75, 3.05) is 17.0 Å². The summed E-state index contributed by atoms with van der Waals surface area (Å²) in [5.41, 5.74) is 0.547. The summed E-state index contributed by atoms with van der Waals surface area (Å²) in [6.07, 6.45) is 0.0969. The van der Waals surface area contributed by atoms with Crippen LogP contribution in [0.1, 0.15) is 27.7 Å². The monoisotopic (exact) mass is 300 g/mol. The minimum Gasteiger partial charge on any atom is -0.491 e. The Morgan fingerprint density at radius 1 is 1.10 bits per heavy atom. The Morgan fingerprint density at radius 3 is 2.20 bits per heavy atom. The Kier molecular flexibility index (Phi) is 6.29. The largest absolute Gasteiger partial charge is 0.491 e. The van der Waals surface area contributed by atoms with Crippen LogP contribution in [0.3, 0.4) is 0 Å². The highest BCUT2D eigenvalue weighted by Gasteiger charge is 2.10. The topological polar surface area (TPSA) is 67.4 Å². The number of nitrogens with one attached hydrogen (secondary N) is 2. The molecule has 1 aromatic carbocycles. The molecule has 0 aromatic heterocycles. The van der Waals surface area contributed by atoms with Gasteiger partial charge in [0.1, 0.15) is 5.75 Å². The van der Waals surface area contributed by atoms with Crippen LogP contribution in [0.5, 0.6) is 5.75 Å². The van der Waals surface area contributed by atoms with Crippen LogP contribution in [0, 0.1) is 0 Å². The molecular formula is C14H24N2O3S. The van der Waals surface area contributed by atoms with Crippen molar-refractivity contribution in [1.82, 2.24) is 5.32 Å². The molecule has 6 heteroatoms. The third kappa shape index (κ3) is 6.77. The zero-order valence-corrected chi connectivity index (χ0v) is 13.3. The Labute approximate surface area is 121 Å². The molecule has 5 nitrogen and oxygen atoms in total. The first kappa shape index (κ1) is 16.8. The molecule has 1 aromatic rings. The van der Waals surface area contributed by atoms with Crippen molar-refractivity contribution >= 4 is 15.7 Å². The summed E-state index contributed by atoms with van der Waals surface area (Å²) < 4.78 is 31.8. The lowest BCUT2D eigenvalue weighted by molar-refractivity contribution is 0.242. The van der Waals surface area contributed by atoms with E-state index in [1.807, 2.05) is 27.7 Å². The van der Waals surface area contributed by atoms with Gasteiger partial charge in [0.05, 0.1) is 11.9 Å². The fraction of sp³-hybridized carbons (Fsp3) is 0.571. The van der Waals surface area contributed by atoms with E-state index >= 15 is 0 Å². The first-order chi connectivity index (χ1) is 9.28. The van der Waals surface area contributed by atoms with Gasteiger partial charge in [-0.25, -0.2) is 8.42 Å². The maximum absolute atomic E-state index is 11.9. The molecule has 0 fully saturated rings. The van der Waals surface area contributed by atoms with Crippen LogP contribution in [0.15, 0.2) is 24.3 Å². The molecule has 1 rings (SSSR count). The molecule has 0 aliphatic heterocycles. The summed E-state index contributed by atoms with van der Waals surface area (Å²) in [7, 11) is -3.32. The van der Waals surface area contributed by atoms with Gasteiger partial charge >= 0.3 is 0 Å². The van der Waals surface area contributed by atoms with Gasteiger partial charge in [0, 0.05) is 18.3 Å². The molecule has 114 valence electrons. The average molecular weight is 300 g/mol. The Balaban J connectivity index is 2.54. The summed E-state index contributed by atoms with van der Waals surface area (Å²) in [6.45, 7) is 8.28. The number of sulfonamides is 1. The summed E-state index contributed by atoms with van der Waals surface area (Å²) in [6, 6.07) is 7.18. The molecule has 0 atom stereocenters. The second-order valence-electron chi connectivity index (χ2n) is 5.22.